The van der Waals surface area contributed by atoms with Crippen LogP contribution in [0.3, 0.4) is 0 Å². The normalized spacial score (nSPS) is 11.6. The summed E-state index contributed by atoms with van der Waals surface area (Å²) in [5.41, 5.74) is 5.36. The Bertz CT molecular complexity index is 367. The number of nitrogens with zero attached hydrogens (tertiary/aromatic N) is 1. The highest BCUT2D eigenvalue weighted by Gasteiger charge is 2.08. The molecule has 1 amide bonds. The van der Waals surface area contributed by atoms with Crippen molar-refractivity contribution in [3.05, 3.63) is 30.1 Å². The highest BCUT2D eigenvalue weighted by molar-refractivity contribution is 5.93. The van der Waals surface area contributed by atoms with Crippen molar-refractivity contribution in [2.45, 2.75) is 20.1 Å². The van der Waals surface area contributed by atoms with Gasteiger partial charge in [0.2, 0.25) is 0 Å². The zero-order valence-electron chi connectivity index (χ0n) is 9.06. The first-order valence-electron chi connectivity index (χ1n) is 4.72. The molecule has 1 aromatic heterocycles. The summed E-state index contributed by atoms with van der Waals surface area (Å²) in [7, 11) is 0. The molecule has 2 N–H and O–H groups in total. The van der Waals surface area contributed by atoms with E-state index in [1.54, 1.807) is 25.3 Å². The Morgan fingerprint density at radius 2 is 2.25 bits per heavy atom. The number of nitrogens with one attached hydrogen (secondary N) is 2. The van der Waals surface area contributed by atoms with E-state index in [0.717, 1.165) is 0 Å². The van der Waals surface area contributed by atoms with Crippen molar-refractivity contribution in [3.8, 4) is 0 Å². The van der Waals surface area contributed by atoms with E-state index in [1.807, 2.05) is 0 Å². The number of amides is 1. The molecule has 16 heavy (non-hydrogen) atoms. The smallest absolute Gasteiger partial charge is 0.304 e. The average molecular weight is 223 g/mol. The number of hydrazine groups is 1. The second kappa shape index (κ2) is 5.82. The van der Waals surface area contributed by atoms with Crippen molar-refractivity contribution in [2.24, 2.45) is 0 Å². The third-order valence-electron chi connectivity index (χ3n) is 1.66. The Kier molecular flexibility index (Phi) is 4.41. The van der Waals surface area contributed by atoms with Crippen LogP contribution in [0.1, 0.15) is 24.2 Å². The number of pyridine rings is 1. The second-order valence-corrected chi connectivity index (χ2v) is 3.09. The SMILES string of the molecule is CC(=O)OC(C)NNC(=O)c1cccnc1. The van der Waals surface area contributed by atoms with Crippen LogP contribution >= 0.6 is 0 Å². The van der Waals surface area contributed by atoms with E-state index < -0.39 is 12.2 Å². The lowest BCUT2D eigenvalue weighted by Crippen LogP contribution is -2.44. The summed E-state index contributed by atoms with van der Waals surface area (Å²) in [6.07, 6.45) is 2.43. The Balaban J connectivity index is 2.39. The third kappa shape index (κ3) is 4.05. The van der Waals surface area contributed by atoms with Crippen molar-refractivity contribution in [3.63, 3.8) is 0 Å². The number of ether oxygens (including phenoxy) is 1. The topological polar surface area (TPSA) is 80.3 Å². The lowest BCUT2D eigenvalue weighted by atomic mass is 10.3. The Hall–Kier alpha value is -1.95. The van der Waals surface area contributed by atoms with Crippen LogP contribution in [-0.4, -0.2) is 23.1 Å². The van der Waals surface area contributed by atoms with Crippen LogP contribution in [0.5, 0.6) is 0 Å². The summed E-state index contributed by atoms with van der Waals surface area (Å²) in [5.74, 6) is -0.761. The molecule has 6 nitrogen and oxygen atoms in total. The van der Waals surface area contributed by atoms with Crippen LogP contribution in [0.25, 0.3) is 0 Å². The molecule has 0 bridgehead atoms. The lowest BCUT2D eigenvalue weighted by molar-refractivity contribution is -0.147. The van der Waals surface area contributed by atoms with Crippen molar-refractivity contribution in [1.82, 2.24) is 15.8 Å². The number of esters is 1. The summed E-state index contributed by atoms with van der Waals surface area (Å²) < 4.78 is 4.76. The van der Waals surface area contributed by atoms with E-state index in [2.05, 4.69) is 15.8 Å². The Morgan fingerprint density at radius 1 is 1.50 bits per heavy atom. The molecule has 6 heteroatoms. The van der Waals surface area contributed by atoms with Crippen molar-refractivity contribution in [2.75, 3.05) is 0 Å². The lowest BCUT2D eigenvalue weighted by Gasteiger charge is -2.14. The van der Waals surface area contributed by atoms with Crippen LogP contribution in [0, 0.1) is 0 Å². The molecule has 0 aliphatic carbocycles. The highest BCUT2D eigenvalue weighted by atomic mass is 16.6. The molecule has 1 rings (SSSR count). The molecule has 0 aliphatic rings. The molecule has 0 aromatic carbocycles. The molecule has 0 saturated carbocycles. The summed E-state index contributed by atoms with van der Waals surface area (Å²) in [6, 6.07) is 3.28. The quantitative estimate of drug-likeness (QED) is 0.434. The second-order valence-electron chi connectivity index (χ2n) is 3.09. The van der Waals surface area contributed by atoms with Gasteiger partial charge in [-0.05, 0) is 19.1 Å². The van der Waals surface area contributed by atoms with Gasteiger partial charge in [-0.2, -0.15) is 5.43 Å². The van der Waals surface area contributed by atoms with Gasteiger partial charge in [-0.15, -0.1) is 0 Å². The molecule has 1 aromatic rings. The van der Waals surface area contributed by atoms with Crippen LogP contribution in [0.15, 0.2) is 24.5 Å². The molecule has 0 fully saturated rings. The average Bonchev–Trinajstić information content (AvgIpc) is 2.26. The number of rotatable bonds is 4. The molecular formula is C10H13N3O3. The molecule has 1 heterocycles. The minimum Gasteiger partial charge on any atom is -0.445 e. The third-order valence-corrected chi connectivity index (χ3v) is 1.66. The largest absolute Gasteiger partial charge is 0.445 e. The fraction of sp³-hybridized carbons (Fsp3) is 0.300. The van der Waals surface area contributed by atoms with Gasteiger partial charge in [0.1, 0.15) is 0 Å². The first-order chi connectivity index (χ1) is 7.59. The Morgan fingerprint density at radius 3 is 2.81 bits per heavy atom. The van der Waals surface area contributed by atoms with Crippen LogP contribution in [-0.2, 0) is 9.53 Å². The Labute approximate surface area is 93.0 Å². The van der Waals surface area contributed by atoms with Crippen LogP contribution < -0.4 is 10.9 Å². The summed E-state index contributed by atoms with van der Waals surface area (Å²) in [6.45, 7) is 2.89. The monoisotopic (exact) mass is 223 g/mol. The summed E-state index contributed by atoms with van der Waals surface area (Å²) in [5, 5.41) is 0. The molecule has 1 atom stereocenters. The maximum atomic E-state index is 11.5. The van der Waals surface area contributed by atoms with Crippen molar-refractivity contribution < 1.29 is 14.3 Å². The molecule has 0 saturated heterocycles. The molecular weight excluding hydrogens is 210 g/mol. The maximum absolute atomic E-state index is 11.5. The predicted octanol–water partition coefficient (Wildman–Crippen LogP) is 0.225. The van der Waals surface area contributed by atoms with E-state index in [4.69, 9.17) is 4.74 Å². The number of carbonyl (C=O) groups is 2. The summed E-state index contributed by atoms with van der Waals surface area (Å²) in [4.78, 5) is 25.9. The van der Waals surface area contributed by atoms with Gasteiger partial charge >= 0.3 is 5.97 Å². The van der Waals surface area contributed by atoms with E-state index >= 15 is 0 Å². The van der Waals surface area contributed by atoms with Crippen LogP contribution in [0.4, 0.5) is 0 Å². The fourth-order valence-electron chi connectivity index (χ4n) is 1.01. The maximum Gasteiger partial charge on any atom is 0.304 e. The van der Waals surface area contributed by atoms with Gasteiger partial charge < -0.3 is 4.74 Å². The molecule has 86 valence electrons. The van der Waals surface area contributed by atoms with Crippen molar-refractivity contribution in [1.29, 1.82) is 0 Å². The zero-order valence-corrected chi connectivity index (χ0v) is 9.06. The molecule has 1 unspecified atom stereocenters. The summed E-state index contributed by atoms with van der Waals surface area (Å²) >= 11 is 0. The number of carbonyl (C=O) groups excluding carboxylic acids is 2. The number of aromatic nitrogens is 1. The van der Waals surface area contributed by atoms with Gasteiger partial charge in [0.05, 0.1) is 5.56 Å². The van der Waals surface area contributed by atoms with Gasteiger partial charge in [0.15, 0.2) is 6.23 Å². The van der Waals surface area contributed by atoms with E-state index in [-0.39, 0.29) is 5.91 Å². The van der Waals surface area contributed by atoms with Crippen molar-refractivity contribution >= 4 is 11.9 Å². The number of hydrogen-bond acceptors (Lipinski definition) is 5. The van der Waals surface area contributed by atoms with Gasteiger partial charge in [0.25, 0.3) is 5.91 Å². The predicted molar refractivity (Wildman–Crippen MR) is 56.1 cm³/mol. The zero-order chi connectivity index (χ0) is 12.0. The van der Waals surface area contributed by atoms with E-state index in [1.165, 1.54) is 13.1 Å². The molecule has 0 radical (unpaired) electrons. The van der Waals surface area contributed by atoms with E-state index in [9.17, 15) is 9.59 Å². The van der Waals surface area contributed by atoms with Gasteiger partial charge in [0, 0.05) is 19.3 Å². The van der Waals surface area contributed by atoms with E-state index in [0.29, 0.717) is 5.56 Å². The molecule has 0 spiro atoms. The minimum absolute atomic E-state index is 0.341. The van der Waals surface area contributed by atoms with Crippen LogP contribution in [0.2, 0.25) is 0 Å². The molecule has 0 aliphatic heterocycles. The van der Waals surface area contributed by atoms with Gasteiger partial charge in [-0.25, -0.2) is 0 Å². The first kappa shape index (κ1) is 12.1. The minimum atomic E-state index is -0.585. The first-order valence-corrected chi connectivity index (χ1v) is 4.72. The van der Waals surface area contributed by atoms with Gasteiger partial charge in [-0.3, -0.25) is 20.0 Å². The van der Waals surface area contributed by atoms with Gasteiger partial charge in [-0.1, -0.05) is 0 Å². The highest BCUT2D eigenvalue weighted by Crippen LogP contribution is 1.94. The fourth-order valence-corrected chi connectivity index (χ4v) is 1.01. The number of hydrogen-bond donors (Lipinski definition) is 2. The standard InChI is InChI=1S/C10H13N3O3/c1-7(16-8(2)14)12-13-10(15)9-4-3-5-11-6-9/h3-7,12H,1-2H3,(H,13,15).